The van der Waals surface area contributed by atoms with Crippen molar-refractivity contribution in [3.05, 3.63) is 22.1 Å². The number of carbonyl (C=O) groups is 1. The summed E-state index contributed by atoms with van der Waals surface area (Å²) in [6.07, 6.45) is 1.96. The van der Waals surface area contributed by atoms with E-state index in [-0.39, 0.29) is 17.1 Å². The molecule has 0 unspecified atom stereocenters. The van der Waals surface area contributed by atoms with Gasteiger partial charge in [0, 0.05) is 19.1 Å². The zero-order chi connectivity index (χ0) is 12.3. The van der Waals surface area contributed by atoms with E-state index in [4.69, 9.17) is 0 Å². The van der Waals surface area contributed by atoms with Crippen LogP contribution in [0.15, 0.2) is 12.1 Å². The zero-order valence-electron chi connectivity index (χ0n) is 9.91. The fourth-order valence-corrected chi connectivity index (χ4v) is 2.72. The molecule has 1 aromatic heterocycles. The van der Waals surface area contributed by atoms with Crippen LogP contribution >= 0.6 is 11.3 Å². The number of likely N-dealkylation sites (tertiary alicyclic amines) is 1. The van der Waals surface area contributed by atoms with Crippen molar-refractivity contribution >= 4 is 17.2 Å². The molecule has 2 rings (SSSR count). The summed E-state index contributed by atoms with van der Waals surface area (Å²) in [6.45, 7) is 5.27. The van der Waals surface area contributed by atoms with Crippen molar-refractivity contribution in [3.8, 4) is 0 Å². The first-order valence-corrected chi connectivity index (χ1v) is 6.79. The van der Waals surface area contributed by atoms with E-state index < -0.39 is 0 Å². The quantitative estimate of drug-likeness (QED) is 0.898. The molecule has 0 aliphatic carbocycles. The predicted octanol–water partition coefficient (Wildman–Crippen LogP) is 2.10. The summed E-state index contributed by atoms with van der Waals surface area (Å²) in [5.41, 5.74) is 0. The summed E-state index contributed by atoms with van der Waals surface area (Å²) in [4.78, 5) is 14.6. The zero-order valence-corrected chi connectivity index (χ0v) is 10.7. The normalized spacial score (nSPS) is 18.2. The third-order valence-corrected chi connectivity index (χ3v) is 4.04. The van der Waals surface area contributed by atoms with Gasteiger partial charge in [0.05, 0.1) is 4.88 Å². The predicted molar refractivity (Wildman–Crippen MR) is 66.9 cm³/mol. The van der Waals surface area contributed by atoms with Crippen molar-refractivity contribution in [2.45, 2.75) is 25.8 Å². The first kappa shape index (κ1) is 12.5. The van der Waals surface area contributed by atoms with Crippen molar-refractivity contribution in [1.82, 2.24) is 10.2 Å². The van der Waals surface area contributed by atoms with Crippen molar-refractivity contribution in [3.63, 3.8) is 0 Å². The molecule has 0 aromatic carbocycles. The van der Waals surface area contributed by atoms with Gasteiger partial charge >= 0.3 is 0 Å². The molecule has 94 valence electrons. The van der Waals surface area contributed by atoms with Gasteiger partial charge in [-0.25, -0.2) is 0 Å². The van der Waals surface area contributed by atoms with E-state index >= 15 is 0 Å². The van der Waals surface area contributed by atoms with E-state index in [1.54, 1.807) is 0 Å². The molecule has 0 radical (unpaired) electrons. The van der Waals surface area contributed by atoms with E-state index in [9.17, 15) is 9.18 Å². The lowest BCUT2D eigenvalue weighted by Gasteiger charge is -2.31. The minimum atomic E-state index is -0.309. The SMILES string of the molecule is CCN1CCC(NC(=O)c2ccc(F)s2)CC1. The van der Waals surface area contributed by atoms with Gasteiger partial charge in [-0.1, -0.05) is 6.92 Å². The maximum atomic E-state index is 12.8. The highest BCUT2D eigenvalue weighted by Gasteiger charge is 2.20. The van der Waals surface area contributed by atoms with E-state index in [1.165, 1.54) is 12.1 Å². The number of thiophene rings is 1. The van der Waals surface area contributed by atoms with Crippen molar-refractivity contribution in [2.75, 3.05) is 19.6 Å². The minimum absolute atomic E-state index is 0.145. The number of carbonyl (C=O) groups excluding carboxylic acids is 1. The van der Waals surface area contributed by atoms with Crippen LogP contribution in [0.25, 0.3) is 0 Å². The number of hydrogen-bond donors (Lipinski definition) is 1. The van der Waals surface area contributed by atoms with Gasteiger partial charge in [-0.2, -0.15) is 4.39 Å². The third kappa shape index (κ3) is 3.26. The molecule has 0 saturated carbocycles. The van der Waals surface area contributed by atoms with Gasteiger partial charge in [-0.05, 0) is 31.5 Å². The van der Waals surface area contributed by atoms with Gasteiger partial charge in [0.25, 0.3) is 5.91 Å². The van der Waals surface area contributed by atoms with E-state index in [1.807, 2.05) is 0 Å². The lowest BCUT2D eigenvalue weighted by atomic mass is 10.1. The molecule has 1 saturated heterocycles. The molecule has 1 N–H and O–H groups in total. The van der Waals surface area contributed by atoms with Crippen molar-refractivity contribution in [2.24, 2.45) is 0 Å². The molecule has 1 aliphatic rings. The lowest BCUT2D eigenvalue weighted by Crippen LogP contribution is -2.44. The summed E-state index contributed by atoms with van der Waals surface area (Å²) >= 11 is 0.900. The van der Waals surface area contributed by atoms with Gasteiger partial charge in [0.1, 0.15) is 0 Å². The Balaban J connectivity index is 1.84. The summed E-state index contributed by atoms with van der Waals surface area (Å²) in [5, 5.41) is 2.66. The number of hydrogen-bond acceptors (Lipinski definition) is 3. The average Bonchev–Trinajstić information content (AvgIpc) is 2.77. The molecule has 17 heavy (non-hydrogen) atoms. The molecule has 2 heterocycles. The summed E-state index contributed by atoms with van der Waals surface area (Å²) in [7, 11) is 0. The Morgan fingerprint density at radius 1 is 1.53 bits per heavy atom. The number of rotatable bonds is 3. The standard InChI is InChI=1S/C12H17FN2OS/c1-2-15-7-5-9(6-8-15)14-12(16)10-3-4-11(13)17-10/h3-4,9H,2,5-8H2,1H3,(H,14,16). The second-order valence-corrected chi connectivity index (χ2v) is 5.32. The molecular formula is C12H17FN2OS. The fourth-order valence-electron chi connectivity index (χ4n) is 2.09. The van der Waals surface area contributed by atoms with Crippen LogP contribution in [-0.2, 0) is 0 Å². The Hall–Kier alpha value is -0.940. The summed E-state index contributed by atoms with van der Waals surface area (Å²) in [5.74, 6) is -0.145. The van der Waals surface area contributed by atoms with Crippen molar-refractivity contribution < 1.29 is 9.18 Å². The Labute approximate surface area is 105 Å². The number of nitrogens with one attached hydrogen (secondary N) is 1. The molecule has 0 bridgehead atoms. The Bertz CT molecular complexity index is 386. The molecule has 5 heteroatoms. The third-order valence-electron chi connectivity index (χ3n) is 3.17. The number of halogens is 1. The Kier molecular flexibility index (Phi) is 4.12. The van der Waals surface area contributed by atoms with E-state index in [0.717, 1.165) is 43.8 Å². The van der Waals surface area contributed by atoms with Crippen LogP contribution in [0.3, 0.4) is 0 Å². The van der Waals surface area contributed by atoms with Crippen molar-refractivity contribution in [1.29, 1.82) is 0 Å². The van der Waals surface area contributed by atoms with Crippen LogP contribution < -0.4 is 5.32 Å². The summed E-state index contributed by atoms with van der Waals surface area (Å²) in [6, 6.07) is 3.10. The second-order valence-electron chi connectivity index (χ2n) is 4.29. The number of nitrogens with zero attached hydrogens (tertiary/aromatic N) is 1. The smallest absolute Gasteiger partial charge is 0.261 e. The molecule has 0 spiro atoms. The molecule has 1 amide bonds. The van der Waals surface area contributed by atoms with E-state index in [2.05, 4.69) is 17.1 Å². The van der Waals surface area contributed by atoms with E-state index in [0.29, 0.717) is 4.88 Å². The molecular weight excluding hydrogens is 239 g/mol. The maximum absolute atomic E-state index is 12.8. The summed E-state index contributed by atoms with van der Waals surface area (Å²) < 4.78 is 12.8. The number of piperidine rings is 1. The van der Waals surface area contributed by atoms with Crippen LogP contribution in [0.4, 0.5) is 4.39 Å². The van der Waals surface area contributed by atoms with Crippen LogP contribution in [-0.4, -0.2) is 36.5 Å². The Morgan fingerprint density at radius 3 is 2.76 bits per heavy atom. The first-order valence-electron chi connectivity index (χ1n) is 5.97. The van der Waals surface area contributed by atoms with Gasteiger partial charge in [0.15, 0.2) is 5.13 Å². The lowest BCUT2D eigenvalue weighted by molar-refractivity contribution is 0.0917. The van der Waals surface area contributed by atoms with Crippen LogP contribution in [0.5, 0.6) is 0 Å². The molecule has 3 nitrogen and oxygen atoms in total. The topological polar surface area (TPSA) is 32.3 Å². The highest BCUT2D eigenvalue weighted by atomic mass is 32.1. The molecule has 1 aliphatic heterocycles. The Morgan fingerprint density at radius 2 is 2.24 bits per heavy atom. The minimum Gasteiger partial charge on any atom is -0.349 e. The largest absolute Gasteiger partial charge is 0.349 e. The highest BCUT2D eigenvalue weighted by molar-refractivity contribution is 7.12. The van der Waals surface area contributed by atoms with Crippen LogP contribution in [0.2, 0.25) is 0 Å². The maximum Gasteiger partial charge on any atom is 0.261 e. The molecule has 1 fully saturated rings. The molecule has 1 aromatic rings. The van der Waals surface area contributed by atoms with Gasteiger partial charge in [-0.15, -0.1) is 11.3 Å². The molecule has 0 atom stereocenters. The van der Waals surface area contributed by atoms with Crippen LogP contribution in [0, 0.1) is 5.13 Å². The highest BCUT2D eigenvalue weighted by Crippen LogP contribution is 2.16. The van der Waals surface area contributed by atoms with Gasteiger partial charge in [0.2, 0.25) is 0 Å². The fraction of sp³-hybridized carbons (Fsp3) is 0.583. The van der Waals surface area contributed by atoms with Crippen LogP contribution in [0.1, 0.15) is 29.4 Å². The first-order chi connectivity index (χ1) is 8.19. The number of amides is 1. The second kappa shape index (κ2) is 5.60. The van der Waals surface area contributed by atoms with Gasteiger partial charge < -0.3 is 10.2 Å². The average molecular weight is 256 g/mol. The monoisotopic (exact) mass is 256 g/mol. The van der Waals surface area contributed by atoms with Gasteiger partial charge in [-0.3, -0.25) is 4.79 Å².